The fourth-order valence-electron chi connectivity index (χ4n) is 2.70. The number of hydrogen-bond acceptors (Lipinski definition) is 3. The molecule has 124 valence electrons. The minimum Gasteiger partial charge on any atom is -0.282 e. The lowest BCUT2D eigenvalue weighted by atomic mass is 9.86. The number of carbonyl (C=O) groups is 1. The number of amidine groups is 1. The second kappa shape index (κ2) is 6.48. The number of hydrazine groups is 1. The van der Waals surface area contributed by atoms with Gasteiger partial charge in [-0.2, -0.15) is 0 Å². The molecule has 0 fully saturated rings. The molecule has 2 aromatic rings. The van der Waals surface area contributed by atoms with Crippen LogP contribution >= 0.6 is 0 Å². The minimum atomic E-state index is -0.411. The highest BCUT2D eigenvalue weighted by molar-refractivity contribution is 6.03. The lowest BCUT2D eigenvalue weighted by Gasteiger charge is -2.23. The topological polar surface area (TPSA) is 53.5 Å². The molecule has 0 saturated carbocycles. The molecule has 0 aromatic heterocycles. The van der Waals surface area contributed by atoms with Crippen LogP contribution in [-0.2, 0) is 16.6 Å². The molecule has 0 spiro atoms. The molecule has 1 amide bonds. The van der Waals surface area contributed by atoms with Gasteiger partial charge in [0.25, 0.3) is 5.91 Å². The molecule has 4 nitrogen and oxygen atoms in total. The summed E-state index contributed by atoms with van der Waals surface area (Å²) in [5.74, 6) is 0.602. The quantitative estimate of drug-likeness (QED) is 0.913. The number of amides is 1. The first-order valence-corrected chi connectivity index (χ1v) is 8.22. The van der Waals surface area contributed by atoms with Crippen LogP contribution in [0.3, 0.4) is 0 Å². The first-order chi connectivity index (χ1) is 11.4. The molecule has 0 saturated heterocycles. The van der Waals surface area contributed by atoms with Crippen LogP contribution in [0.4, 0.5) is 0 Å². The Hall–Kier alpha value is -2.62. The Kier molecular flexibility index (Phi) is 4.38. The van der Waals surface area contributed by atoms with E-state index in [2.05, 4.69) is 48.7 Å². The monoisotopic (exact) mass is 321 g/mol. The maximum atomic E-state index is 12.1. The Morgan fingerprint density at radius 3 is 2.25 bits per heavy atom. The summed E-state index contributed by atoms with van der Waals surface area (Å²) in [6.07, 6.45) is 0.595. The zero-order valence-corrected chi connectivity index (χ0v) is 14.3. The summed E-state index contributed by atoms with van der Waals surface area (Å²) in [7, 11) is 0. The van der Waals surface area contributed by atoms with Gasteiger partial charge in [-0.1, -0.05) is 75.4 Å². The third-order valence-corrected chi connectivity index (χ3v) is 4.19. The third-order valence-electron chi connectivity index (χ3n) is 4.19. The van der Waals surface area contributed by atoms with Gasteiger partial charge in [-0.05, 0) is 16.5 Å². The van der Waals surface area contributed by atoms with Crippen molar-refractivity contribution in [1.29, 1.82) is 0 Å². The zero-order chi connectivity index (χ0) is 17.2. The van der Waals surface area contributed by atoms with Crippen LogP contribution in [0.15, 0.2) is 59.6 Å². The van der Waals surface area contributed by atoms with Crippen LogP contribution in [0.1, 0.15) is 37.5 Å². The Morgan fingerprint density at radius 2 is 1.62 bits per heavy atom. The van der Waals surface area contributed by atoms with Gasteiger partial charge in [0, 0.05) is 12.0 Å². The van der Waals surface area contributed by atoms with Gasteiger partial charge in [0.05, 0.1) is 0 Å². The van der Waals surface area contributed by atoms with E-state index >= 15 is 0 Å². The van der Waals surface area contributed by atoms with Crippen molar-refractivity contribution in [2.24, 2.45) is 4.99 Å². The highest BCUT2D eigenvalue weighted by Gasteiger charge is 2.24. The summed E-state index contributed by atoms with van der Waals surface area (Å²) in [6.45, 7) is 6.57. The van der Waals surface area contributed by atoms with Crippen molar-refractivity contribution in [3.8, 4) is 0 Å². The van der Waals surface area contributed by atoms with E-state index in [1.165, 1.54) is 5.56 Å². The van der Waals surface area contributed by atoms with Crippen LogP contribution in [0.2, 0.25) is 0 Å². The number of nitrogens with one attached hydrogen (secondary N) is 2. The smallest absolute Gasteiger partial charge is 0.263 e. The molecular formula is C20H23N3O. The fraction of sp³-hybridized carbons (Fsp3) is 0.300. The first kappa shape index (κ1) is 16.2. The molecule has 0 bridgehead atoms. The number of hydrogen-bond donors (Lipinski definition) is 2. The molecule has 2 N–H and O–H groups in total. The van der Waals surface area contributed by atoms with Gasteiger partial charge in [0.1, 0.15) is 11.9 Å². The number of nitrogens with zero attached hydrogens (tertiary/aromatic N) is 1. The van der Waals surface area contributed by atoms with Crippen LogP contribution in [-0.4, -0.2) is 17.8 Å². The van der Waals surface area contributed by atoms with Crippen molar-refractivity contribution in [3.05, 3.63) is 71.3 Å². The molecule has 3 rings (SSSR count). The minimum absolute atomic E-state index is 0.103. The van der Waals surface area contributed by atoms with E-state index in [1.54, 1.807) is 0 Å². The Bertz CT molecular complexity index is 743. The van der Waals surface area contributed by atoms with Crippen molar-refractivity contribution >= 4 is 11.7 Å². The molecule has 1 unspecified atom stereocenters. The van der Waals surface area contributed by atoms with E-state index in [-0.39, 0.29) is 11.3 Å². The van der Waals surface area contributed by atoms with E-state index in [0.29, 0.717) is 12.3 Å². The molecule has 1 heterocycles. The fourth-order valence-corrected chi connectivity index (χ4v) is 2.70. The van der Waals surface area contributed by atoms with Gasteiger partial charge in [-0.25, -0.2) is 0 Å². The SMILES string of the molecule is CC(C)(C)c1ccc(C2=NC(Cc3ccccc3)C(=O)NN2)cc1. The molecule has 2 aromatic carbocycles. The van der Waals surface area contributed by atoms with E-state index in [9.17, 15) is 4.79 Å². The Labute approximate surface area is 143 Å². The average molecular weight is 321 g/mol. The van der Waals surface area contributed by atoms with E-state index < -0.39 is 6.04 Å². The van der Waals surface area contributed by atoms with Gasteiger partial charge in [-0.3, -0.25) is 20.6 Å². The molecule has 1 aliphatic rings. The summed E-state index contributed by atoms with van der Waals surface area (Å²) >= 11 is 0. The van der Waals surface area contributed by atoms with E-state index in [1.807, 2.05) is 42.5 Å². The van der Waals surface area contributed by atoms with Gasteiger partial charge < -0.3 is 0 Å². The van der Waals surface area contributed by atoms with E-state index in [4.69, 9.17) is 0 Å². The van der Waals surface area contributed by atoms with Gasteiger partial charge in [0.2, 0.25) is 0 Å². The van der Waals surface area contributed by atoms with Gasteiger partial charge in [-0.15, -0.1) is 0 Å². The van der Waals surface area contributed by atoms with Crippen LogP contribution in [0.5, 0.6) is 0 Å². The van der Waals surface area contributed by atoms with Crippen LogP contribution < -0.4 is 10.9 Å². The first-order valence-electron chi connectivity index (χ1n) is 8.22. The van der Waals surface area contributed by atoms with Crippen molar-refractivity contribution in [3.63, 3.8) is 0 Å². The molecule has 0 radical (unpaired) electrons. The predicted molar refractivity (Wildman–Crippen MR) is 96.9 cm³/mol. The van der Waals surface area contributed by atoms with Crippen LogP contribution in [0, 0.1) is 0 Å². The lowest BCUT2D eigenvalue weighted by Crippen LogP contribution is -2.52. The van der Waals surface area contributed by atoms with E-state index in [0.717, 1.165) is 11.1 Å². The molecular weight excluding hydrogens is 298 g/mol. The average Bonchev–Trinajstić information content (AvgIpc) is 2.57. The second-order valence-corrected chi connectivity index (χ2v) is 7.12. The molecule has 0 aliphatic carbocycles. The number of rotatable bonds is 3. The maximum Gasteiger partial charge on any atom is 0.263 e. The standard InChI is InChI=1S/C20H23N3O/c1-20(2,3)16-11-9-15(10-12-16)18-21-17(19(24)23-22-18)13-14-7-5-4-6-8-14/h4-12,17H,13H2,1-3H3,(H,21,22)(H,23,24). The van der Waals surface area contributed by atoms with Crippen molar-refractivity contribution < 1.29 is 4.79 Å². The molecule has 1 aliphatic heterocycles. The summed E-state index contributed by atoms with van der Waals surface area (Å²) in [6, 6.07) is 17.9. The maximum absolute atomic E-state index is 12.1. The zero-order valence-electron chi connectivity index (χ0n) is 14.3. The molecule has 4 heteroatoms. The number of benzene rings is 2. The number of aliphatic imine (C=N–C) groups is 1. The third kappa shape index (κ3) is 3.65. The molecule has 24 heavy (non-hydrogen) atoms. The van der Waals surface area contributed by atoms with Crippen LogP contribution in [0.25, 0.3) is 0 Å². The Morgan fingerprint density at radius 1 is 0.958 bits per heavy atom. The highest BCUT2D eigenvalue weighted by atomic mass is 16.2. The number of carbonyl (C=O) groups excluding carboxylic acids is 1. The summed E-state index contributed by atoms with van der Waals surface area (Å²) in [5, 5.41) is 0. The normalized spacial score (nSPS) is 17.7. The summed E-state index contributed by atoms with van der Waals surface area (Å²) in [5.41, 5.74) is 9.10. The van der Waals surface area contributed by atoms with Crippen molar-refractivity contribution in [1.82, 2.24) is 10.9 Å². The molecule has 1 atom stereocenters. The summed E-state index contributed by atoms with van der Waals surface area (Å²) in [4.78, 5) is 16.7. The summed E-state index contributed by atoms with van der Waals surface area (Å²) < 4.78 is 0. The second-order valence-electron chi connectivity index (χ2n) is 7.12. The predicted octanol–water partition coefficient (Wildman–Crippen LogP) is 2.98. The van der Waals surface area contributed by atoms with Gasteiger partial charge >= 0.3 is 0 Å². The van der Waals surface area contributed by atoms with Gasteiger partial charge in [0.15, 0.2) is 0 Å². The largest absolute Gasteiger partial charge is 0.282 e. The van der Waals surface area contributed by atoms with Crippen molar-refractivity contribution in [2.45, 2.75) is 38.6 Å². The van der Waals surface area contributed by atoms with Crippen molar-refractivity contribution in [2.75, 3.05) is 0 Å². The lowest BCUT2D eigenvalue weighted by molar-refractivity contribution is -0.123. The Balaban J connectivity index is 1.82. The highest BCUT2D eigenvalue weighted by Crippen LogP contribution is 2.22.